The summed E-state index contributed by atoms with van der Waals surface area (Å²) in [7, 11) is 0. The Kier molecular flexibility index (Phi) is 5.16. The van der Waals surface area contributed by atoms with Crippen LogP contribution < -0.4 is 22.1 Å². The van der Waals surface area contributed by atoms with E-state index in [2.05, 4.69) is 10.6 Å². The van der Waals surface area contributed by atoms with Gasteiger partial charge in [0.15, 0.2) is 0 Å². The van der Waals surface area contributed by atoms with Gasteiger partial charge in [0, 0.05) is 23.3 Å². The third-order valence-electron chi connectivity index (χ3n) is 3.72. The van der Waals surface area contributed by atoms with E-state index in [-0.39, 0.29) is 30.4 Å². The number of nitrogen functional groups attached to an aromatic ring is 1. The van der Waals surface area contributed by atoms with E-state index >= 15 is 0 Å². The van der Waals surface area contributed by atoms with E-state index in [1.165, 1.54) is 0 Å². The number of nitrogens with two attached hydrogens (primary N) is 2. The van der Waals surface area contributed by atoms with Crippen LogP contribution in [0.1, 0.15) is 36.0 Å². The van der Waals surface area contributed by atoms with Crippen LogP contribution in [0.2, 0.25) is 0 Å². The average molecular weight is 290 g/mol. The highest BCUT2D eigenvalue weighted by Crippen LogP contribution is 2.16. The fourth-order valence-corrected chi connectivity index (χ4v) is 2.44. The molecule has 6 heteroatoms. The lowest BCUT2D eigenvalue weighted by atomic mass is 9.92. The maximum atomic E-state index is 11.8. The van der Waals surface area contributed by atoms with Crippen LogP contribution >= 0.6 is 0 Å². The Hall–Kier alpha value is -2.08. The van der Waals surface area contributed by atoms with Crippen molar-refractivity contribution in [2.75, 3.05) is 12.3 Å². The highest BCUT2D eigenvalue weighted by atomic mass is 16.2. The van der Waals surface area contributed by atoms with Crippen molar-refractivity contribution in [3.05, 3.63) is 29.8 Å². The number of benzene rings is 1. The zero-order chi connectivity index (χ0) is 15.2. The van der Waals surface area contributed by atoms with Crippen molar-refractivity contribution in [2.45, 2.75) is 37.8 Å². The smallest absolute Gasteiger partial charge is 0.251 e. The van der Waals surface area contributed by atoms with Crippen molar-refractivity contribution in [1.29, 1.82) is 0 Å². The largest absolute Gasteiger partial charge is 0.399 e. The summed E-state index contributed by atoms with van der Waals surface area (Å²) in [6.07, 6.45) is 3.67. The van der Waals surface area contributed by atoms with E-state index in [1.807, 2.05) is 0 Å². The number of rotatable bonds is 4. The summed E-state index contributed by atoms with van der Waals surface area (Å²) in [6.45, 7) is -0.0221. The molecule has 0 heterocycles. The van der Waals surface area contributed by atoms with Gasteiger partial charge in [-0.05, 0) is 49.9 Å². The van der Waals surface area contributed by atoms with Crippen LogP contribution in [0.15, 0.2) is 24.3 Å². The van der Waals surface area contributed by atoms with Crippen LogP contribution in [0.25, 0.3) is 0 Å². The van der Waals surface area contributed by atoms with E-state index in [4.69, 9.17) is 11.5 Å². The number of carbonyl (C=O) groups excluding carboxylic acids is 2. The van der Waals surface area contributed by atoms with Gasteiger partial charge in [0.1, 0.15) is 0 Å². The van der Waals surface area contributed by atoms with Gasteiger partial charge in [0.05, 0.1) is 6.54 Å². The lowest BCUT2D eigenvalue weighted by Gasteiger charge is -2.26. The molecule has 6 N–H and O–H groups in total. The van der Waals surface area contributed by atoms with Gasteiger partial charge in [0.2, 0.25) is 5.91 Å². The quantitative estimate of drug-likeness (QED) is 0.601. The number of nitrogens with one attached hydrogen (secondary N) is 2. The molecule has 0 unspecified atom stereocenters. The first kappa shape index (κ1) is 15.3. The van der Waals surface area contributed by atoms with Gasteiger partial charge in [-0.3, -0.25) is 9.59 Å². The summed E-state index contributed by atoms with van der Waals surface area (Å²) in [5.74, 6) is -0.449. The Balaban J connectivity index is 1.73. The van der Waals surface area contributed by atoms with Crippen molar-refractivity contribution >= 4 is 17.5 Å². The SMILES string of the molecule is Nc1ccc(C(=O)NCC(=O)NC2CCC(N)CC2)cc1. The molecule has 0 saturated heterocycles. The molecule has 21 heavy (non-hydrogen) atoms. The third kappa shape index (κ3) is 4.75. The van der Waals surface area contributed by atoms with E-state index in [0.29, 0.717) is 11.3 Å². The Bertz CT molecular complexity index is 493. The standard InChI is InChI=1S/C15H22N4O2/c16-11-3-1-10(2-4-11)15(21)18-9-14(20)19-13-7-5-12(17)6-8-13/h1-4,12-13H,5-9,16-17H2,(H,18,21)(H,19,20). The van der Waals surface area contributed by atoms with Crippen molar-refractivity contribution < 1.29 is 9.59 Å². The molecule has 0 aromatic heterocycles. The Morgan fingerprint density at radius 3 is 2.33 bits per heavy atom. The monoisotopic (exact) mass is 290 g/mol. The molecule has 1 aliphatic carbocycles. The molecule has 1 saturated carbocycles. The van der Waals surface area contributed by atoms with Crippen molar-refractivity contribution in [3.63, 3.8) is 0 Å². The zero-order valence-electron chi connectivity index (χ0n) is 12.0. The highest BCUT2D eigenvalue weighted by molar-refractivity contribution is 5.96. The fourth-order valence-electron chi connectivity index (χ4n) is 2.44. The van der Waals surface area contributed by atoms with Crippen LogP contribution in [0, 0.1) is 0 Å². The zero-order valence-corrected chi connectivity index (χ0v) is 12.0. The van der Waals surface area contributed by atoms with Crippen molar-refractivity contribution in [2.24, 2.45) is 5.73 Å². The molecule has 1 aromatic carbocycles. The topological polar surface area (TPSA) is 110 Å². The summed E-state index contributed by atoms with van der Waals surface area (Å²) in [5, 5.41) is 5.53. The summed E-state index contributed by atoms with van der Waals surface area (Å²) in [4.78, 5) is 23.7. The van der Waals surface area contributed by atoms with E-state index < -0.39 is 0 Å². The first-order valence-electron chi connectivity index (χ1n) is 7.23. The molecular formula is C15H22N4O2. The lowest BCUT2D eigenvalue weighted by molar-refractivity contribution is -0.121. The number of hydrogen-bond donors (Lipinski definition) is 4. The van der Waals surface area contributed by atoms with Gasteiger partial charge in [-0.1, -0.05) is 0 Å². The molecule has 1 aliphatic rings. The number of hydrogen-bond acceptors (Lipinski definition) is 4. The third-order valence-corrected chi connectivity index (χ3v) is 3.72. The van der Waals surface area contributed by atoms with Crippen molar-refractivity contribution in [3.8, 4) is 0 Å². The summed E-state index contributed by atoms with van der Waals surface area (Å²) in [6, 6.07) is 6.99. The summed E-state index contributed by atoms with van der Waals surface area (Å²) in [5.41, 5.74) is 12.5. The van der Waals surface area contributed by atoms with Gasteiger partial charge in [-0.15, -0.1) is 0 Å². The minimum Gasteiger partial charge on any atom is -0.399 e. The molecule has 2 amide bonds. The van der Waals surface area contributed by atoms with Crippen LogP contribution in [-0.2, 0) is 4.79 Å². The van der Waals surface area contributed by atoms with Crippen LogP contribution in [0.4, 0.5) is 5.69 Å². The second-order valence-electron chi connectivity index (χ2n) is 5.48. The Morgan fingerprint density at radius 2 is 1.71 bits per heavy atom. The summed E-state index contributed by atoms with van der Waals surface area (Å²) < 4.78 is 0. The van der Waals surface area contributed by atoms with Gasteiger partial charge in [-0.2, -0.15) is 0 Å². The first-order chi connectivity index (χ1) is 10.0. The predicted molar refractivity (Wildman–Crippen MR) is 81.6 cm³/mol. The minimum absolute atomic E-state index is 0.0221. The molecule has 0 atom stereocenters. The second kappa shape index (κ2) is 7.08. The van der Waals surface area contributed by atoms with E-state index in [9.17, 15) is 9.59 Å². The molecule has 0 radical (unpaired) electrons. The van der Waals surface area contributed by atoms with Crippen LogP contribution in [-0.4, -0.2) is 30.4 Å². The van der Waals surface area contributed by atoms with Gasteiger partial charge >= 0.3 is 0 Å². The molecule has 0 aliphatic heterocycles. The molecular weight excluding hydrogens is 268 g/mol. The molecule has 2 rings (SSSR count). The van der Waals surface area contributed by atoms with Crippen LogP contribution in [0.3, 0.4) is 0 Å². The molecule has 1 aromatic rings. The predicted octanol–water partition coefficient (Wildman–Crippen LogP) is 0.385. The minimum atomic E-state index is -0.282. The molecule has 114 valence electrons. The Morgan fingerprint density at radius 1 is 1.10 bits per heavy atom. The van der Waals surface area contributed by atoms with Crippen LogP contribution in [0.5, 0.6) is 0 Å². The number of anilines is 1. The average Bonchev–Trinajstić information content (AvgIpc) is 2.48. The number of amides is 2. The molecule has 0 spiro atoms. The maximum absolute atomic E-state index is 11.8. The van der Waals surface area contributed by atoms with E-state index in [0.717, 1.165) is 25.7 Å². The summed E-state index contributed by atoms with van der Waals surface area (Å²) >= 11 is 0. The number of carbonyl (C=O) groups is 2. The van der Waals surface area contributed by atoms with Gasteiger partial charge in [0.25, 0.3) is 5.91 Å². The molecule has 6 nitrogen and oxygen atoms in total. The molecule has 1 fully saturated rings. The first-order valence-corrected chi connectivity index (χ1v) is 7.23. The Labute approximate surface area is 124 Å². The maximum Gasteiger partial charge on any atom is 0.251 e. The normalized spacial score (nSPS) is 21.6. The highest BCUT2D eigenvalue weighted by Gasteiger charge is 2.20. The van der Waals surface area contributed by atoms with Crippen molar-refractivity contribution in [1.82, 2.24) is 10.6 Å². The van der Waals surface area contributed by atoms with Gasteiger partial charge in [-0.25, -0.2) is 0 Å². The van der Waals surface area contributed by atoms with E-state index in [1.54, 1.807) is 24.3 Å². The molecule has 0 bridgehead atoms. The fraction of sp³-hybridized carbons (Fsp3) is 0.467. The van der Waals surface area contributed by atoms with Gasteiger partial charge < -0.3 is 22.1 Å². The lowest BCUT2D eigenvalue weighted by Crippen LogP contribution is -2.44. The second-order valence-corrected chi connectivity index (χ2v) is 5.48.